The number of amides is 1. The second kappa shape index (κ2) is 75.5. The summed E-state index contributed by atoms with van der Waals surface area (Å²) in [7, 11) is 0. The molecule has 0 aliphatic carbocycles. The first-order valence-electron chi connectivity index (χ1n) is 39.2. The fourth-order valence-corrected chi connectivity index (χ4v) is 12.4. The molecule has 2 atom stereocenters. The third-order valence-electron chi connectivity index (χ3n) is 18.4. The van der Waals surface area contributed by atoms with Gasteiger partial charge in [-0.15, -0.1) is 0 Å². The summed E-state index contributed by atoms with van der Waals surface area (Å²) in [5, 5.41) is 23.4. The number of carbonyl (C=O) groups is 2. The van der Waals surface area contributed by atoms with E-state index in [2.05, 4.69) is 55.6 Å². The van der Waals surface area contributed by atoms with Gasteiger partial charge in [0, 0.05) is 12.8 Å². The molecule has 0 bridgehead atoms. The van der Waals surface area contributed by atoms with Gasteiger partial charge in [-0.05, 0) is 83.5 Å². The summed E-state index contributed by atoms with van der Waals surface area (Å²) in [5.41, 5.74) is 0. The molecule has 0 aliphatic rings. The molecule has 0 rings (SSSR count). The van der Waals surface area contributed by atoms with Gasteiger partial charge in [0.15, 0.2) is 0 Å². The van der Waals surface area contributed by atoms with Crippen LogP contribution in [0.25, 0.3) is 0 Å². The molecule has 0 aromatic rings. The quantitative estimate of drug-likeness (QED) is 0.0320. The lowest BCUT2D eigenvalue weighted by atomic mass is 10.0. The molecule has 6 heteroatoms. The van der Waals surface area contributed by atoms with Crippen molar-refractivity contribution in [3.8, 4) is 0 Å². The van der Waals surface area contributed by atoms with E-state index in [1.165, 1.54) is 353 Å². The highest BCUT2D eigenvalue weighted by Crippen LogP contribution is 2.20. The monoisotopic (exact) mass is 1210 g/mol. The Bertz CT molecular complexity index is 1390. The van der Waals surface area contributed by atoms with E-state index in [1.54, 1.807) is 0 Å². The van der Waals surface area contributed by atoms with E-state index in [1.807, 2.05) is 0 Å². The first kappa shape index (κ1) is 84.1. The van der Waals surface area contributed by atoms with Crippen LogP contribution in [-0.2, 0) is 14.3 Å². The first-order chi connectivity index (χ1) is 42.5. The van der Waals surface area contributed by atoms with E-state index in [4.69, 9.17) is 4.74 Å². The van der Waals surface area contributed by atoms with Crippen molar-refractivity contribution in [2.45, 2.75) is 450 Å². The molecule has 0 saturated heterocycles. The molecule has 2 unspecified atom stereocenters. The molecule has 6 nitrogen and oxygen atoms in total. The van der Waals surface area contributed by atoms with Gasteiger partial charge in [-0.3, -0.25) is 9.59 Å². The molecular weight excluding hydrogens is 1050 g/mol. The Morgan fingerprint density at radius 3 is 0.919 bits per heavy atom. The second-order valence-electron chi connectivity index (χ2n) is 27.0. The van der Waals surface area contributed by atoms with E-state index >= 15 is 0 Å². The second-order valence-corrected chi connectivity index (χ2v) is 27.0. The number of hydrogen-bond donors (Lipinski definition) is 3. The maximum Gasteiger partial charge on any atom is 0.305 e. The number of nitrogens with one attached hydrogen (secondary N) is 1. The summed E-state index contributed by atoms with van der Waals surface area (Å²) < 4.78 is 5.49. The summed E-state index contributed by atoms with van der Waals surface area (Å²) in [6, 6.07) is -0.539. The number of ether oxygens (including phenoxy) is 1. The highest BCUT2D eigenvalue weighted by atomic mass is 16.5. The van der Waals surface area contributed by atoms with Crippen LogP contribution < -0.4 is 5.32 Å². The lowest BCUT2D eigenvalue weighted by Crippen LogP contribution is -2.45. The third-order valence-corrected chi connectivity index (χ3v) is 18.4. The van der Waals surface area contributed by atoms with E-state index < -0.39 is 12.1 Å². The average molecular weight is 1210 g/mol. The lowest BCUT2D eigenvalue weighted by Gasteiger charge is -2.22. The predicted molar refractivity (Wildman–Crippen MR) is 379 cm³/mol. The van der Waals surface area contributed by atoms with Gasteiger partial charge in [-0.25, -0.2) is 0 Å². The number of unbranched alkanes of at least 4 members (excludes halogenated alkanes) is 57. The van der Waals surface area contributed by atoms with Gasteiger partial charge < -0.3 is 20.3 Å². The number of carbonyl (C=O) groups excluding carboxylic acids is 2. The van der Waals surface area contributed by atoms with Crippen molar-refractivity contribution in [1.29, 1.82) is 0 Å². The smallest absolute Gasteiger partial charge is 0.305 e. The zero-order chi connectivity index (χ0) is 62.0. The molecule has 3 N–H and O–H groups in total. The minimum Gasteiger partial charge on any atom is -0.466 e. The number of hydrogen-bond acceptors (Lipinski definition) is 5. The highest BCUT2D eigenvalue weighted by Gasteiger charge is 2.20. The maximum absolute atomic E-state index is 12.5. The van der Waals surface area contributed by atoms with E-state index in [0.29, 0.717) is 25.9 Å². The summed E-state index contributed by atoms with van der Waals surface area (Å²) >= 11 is 0. The average Bonchev–Trinajstić information content (AvgIpc) is 3.59. The molecule has 0 aromatic heterocycles. The van der Waals surface area contributed by atoms with Gasteiger partial charge in [0.05, 0.1) is 25.4 Å². The van der Waals surface area contributed by atoms with Gasteiger partial charge in [0.2, 0.25) is 5.91 Å². The standard InChI is InChI=1S/C80H153NO5/c1-3-5-7-9-11-13-15-17-19-41-45-48-52-56-60-64-68-72-78(83)77(76-82)81-79(84)73-69-65-61-57-53-49-46-42-39-37-35-33-31-29-27-25-23-21-20-22-24-26-28-30-32-34-36-38-40-43-47-51-55-59-63-67-71-75-86-80(85)74-70-66-62-58-54-50-44-18-16-14-12-10-8-6-4-2/h12,14,18,20,22,44,77-78,82-83H,3-11,13,15-17,19,21,23-43,45-76H2,1-2H3,(H,81,84)/b14-12-,22-20-,44-18-. The molecule has 0 spiro atoms. The van der Waals surface area contributed by atoms with Gasteiger partial charge in [0.1, 0.15) is 0 Å². The molecule has 0 radical (unpaired) electrons. The molecule has 86 heavy (non-hydrogen) atoms. The molecule has 0 fully saturated rings. The van der Waals surface area contributed by atoms with Crippen molar-refractivity contribution in [3.05, 3.63) is 36.5 Å². The van der Waals surface area contributed by atoms with Gasteiger partial charge >= 0.3 is 5.97 Å². The van der Waals surface area contributed by atoms with Crippen LogP contribution in [0.15, 0.2) is 36.5 Å². The Hall–Kier alpha value is -1.92. The Morgan fingerprint density at radius 2 is 0.581 bits per heavy atom. The highest BCUT2D eigenvalue weighted by molar-refractivity contribution is 5.76. The van der Waals surface area contributed by atoms with E-state index in [-0.39, 0.29) is 18.5 Å². The van der Waals surface area contributed by atoms with Crippen LogP contribution >= 0.6 is 0 Å². The number of rotatable bonds is 74. The Balaban J connectivity index is 3.33. The van der Waals surface area contributed by atoms with Crippen LogP contribution in [-0.4, -0.2) is 47.4 Å². The first-order valence-corrected chi connectivity index (χ1v) is 39.2. The van der Waals surface area contributed by atoms with Gasteiger partial charge in [-0.2, -0.15) is 0 Å². The van der Waals surface area contributed by atoms with Crippen molar-refractivity contribution in [3.63, 3.8) is 0 Å². The zero-order valence-corrected chi connectivity index (χ0v) is 58.3. The minimum atomic E-state index is -0.662. The van der Waals surface area contributed by atoms with Crippen LogP contribution in [0.5, 0.6) is 0 Å². The normalized spacial score (nSPS) is 12.7. The van der Waals surface area contributed by atoms with Crippen molar-refractivity contribution in [2.75, 3.05) is 13.2 Å². The number of aliphatic hydroxyl groups excluding tert-OH is 2. The predicted octanol–water partition coefficient (Wildman–Crippen LogP) is 25.8. The fourth-order valence-electron chi connectivity index (χ4n) is 12.4. The van der Waals surface area contributed by atoms with Crippen LogP contribution in [0, 0.1) is 0 Å². The Morgan fingerprint density at radius 1 is 0.326 bits per heavy atom. The molecule has 508 valence electrons. The third kappa shape index (κ3) is 71.2. The zero-order valence-electron chi connectivity index (χ0n) is 58.3. The Kier molecular flexibility index (Phi) is 73.9. The molecular formula is C80H153NO5. The number of esters is 1. The molecule has 0 heterocycles. The molecule has 0 aromatic carbocycles. The van der Waals surface area contributed by atoms with Gasteiger partial charge in [0.25, 0.3) is 0 Å². The van der Waals surface area contributed by atoms with Crippen molar-refractivity contribution >= 4 is 11.9 Å². The van der Waals surface area contributed by atoms with E-state index in [9.17, 15) is 19.8 Å². The molecule has 0 aliphatic heterocycles. The molecule has 1 amide bonds. The van der Waals surface area contributed by atoms with Crippen molar-refractivity contribution in [2.24, 2.45) is 0 Å². The minimum absolute atomic E-state index is 0.00792. The van der Waals surface area contributed by atoms with Crippen LogP contribution in [0.3, 0.4) is 0 Å². The SMILES string of the molecule is CCCCC/C=C\C/C=C\CCCCCCCC(=O)OCCCCCCCCCCCCCCCCCC/C=C\CCCCCCCCCCCCCCCCCCCC(=O)NC(CO)C(O)CCCCCCCCCCCCCCCCCCC. The Labute approximate surface area is 538 Å². The number of aliphatic hydroxyl groups is 2. The number of allylic oxidation sites excluding steroid dienone is 6. The topological polar surface area (TPSA) is 95.9 Å². The molecule has 0 saturated carbocycles. The van der Waals surface area contributed by atoms with E-state index in [0.717, 1.165) is 51.4 Å². The summed E-state index contributed by atoms with van der Waals surface area (Å²) in [4.78, 5) is 24.6. The summed E-state index contributed by atoms with van der Waals surface area (Å²) in [6.07, 6.45) is 98.1. The van der Waals surface area contributed by atoms with Crippen molar-refractivity contribution in [1.82, 2.24) is 5.32 Å². The van der Waals surface area contributed by atoms with Crippen LogP contribution in [0.1, 0.15) is 438 Å². The largest absolute Gasteiger partial charge is 0.466 e. The fraction of sp³-hybridized carbons (Fsp3) is 0.900. The van der Waals surface area contributed by atoms with Crippen LogP contribution in [0.2, 0.25) is 0 Å². The van der Waals surface area contributed by atoms with Crippen LogP contribution in [0.4, 0.5) is 0 Å². The summed E-state index contributed by atoms with van der Waals surface area (Å²) in [5.74, 6) is -0.0191. The summed E-state index contributed by atoms with van der Waals surface area (Å²) in [6.45, 7) is 4.96. The van der Waals surface area contributed by atoms with Gasteiger partial charge in [-0.1, -0.05) is 378 Å². The van der Waals surface area contributed by atoms with Crippen molar-refractivity contribution < 1.29 is 24.5 Å². The maximum atomic E-state index is 12.5. The lowest BCUT2D eigenvalue weighted by molar-refractivity contribution is -0.143.